The molecule has 0 bridgehead atoms. The molecule has 98 valence electrons. The van der Waals surface area contributed by atoms with Crippen LogP contribution in [0, 0.1) is 0 Å². The lowest BCUT2D eigenvalue weighted by Gasteiger charge is -2.14. The molecule has 1 aromatic rings. The molecule has 0 saturated carbocycles. The minimum Gasteiger partial charge on any atom is -0.495 e. The highest BCUT2D eigenvalue weighted by atomic mass is 79.9. The molecule has 0 aliphatic carbocycles. The Bertz CT molecular complexity index is 460. The summed E-state index contributed by atoms with van der Waals surface area (Å²) in [7, 11) is 1.60. The number of carbonyl (C=O) groups excluding carboxylic acids is 1. The van der Waals surface area contributed by atoms with Gasteiger partial charge >= 0.3 is 0 Å². The number of amides is 1. The van der Waals surface area contributed by atoms with Crippen LogP contribution in [0.15, 0.2) is 21.1 Å². The standard InChI is InChI=1S/C12H14Br2N2O2/c1-18-11-6-10(7(13)5-8(11)14)16-12(17)9-3-2-4-15-9/h5-6,9,15H,2-4H2,1H3,(H,16,17)/t9-/m0/s1. The molecule has 18 heavy (non-hydrogen) atoms. The second kappa shape index (κ2) is 6.04. The molecule has 1 atom stereocenters. The number of rotatable bonds is 3. The first-order chi connectivity index (χ1) is 8.61. The zero-order valence-corrected chi connectivity index (χ0v) is 13.1. The van der Waals surface area contributed by atoms with Crippen LogP contribution in [0.25, 0.3) is 0 Å². The average Bonchev–Trinajstić information content (AvgIpc) is 2.86. The van der Waals surface area contributed by atoms with Crippen LogP contribution in [0.3, 0.4) is 0 Å². The summed E-state index contributed by atoms with van der Waals surface area (Å²) in [6.45, 7) is 0.906. The van der Waals surface area contributed by atoms with E-state index < -0.39 is 0 Å². The molecule has 0 unspecified atom stereocenters. The number of halogens is 2. The lowest BCUT2D eigenvalue weighted by Crippen LogP contribution is -2.35. The van der Waals surface area contributed by atoms with Gasteiger partial charge < -0.3 is 15.4 Å². The van der Waals surface area contributed by atoms with Gasteiger partial charge in [-0.1, -0.05) is 0 Å². The fraction of sp³-hybridized carbons (Fsp3) is 0.417. The van der Waals surface area contributed by atoms with Crippen molar-refractivity contribution in [3.05, 3.63) is 21.1 Å². The van der Waals surface area contributed by atoms with Gasteiger partial charge in [0.15, 0.2) is 0 Å². The third-order valence-corrected chi connectivity index (χ3v) is 4.15. The van der Waals surface area contributed by atoms with Gasteiger partial charge in [0.25, 0.3) is 0 Å². The van der Waals surface area contributed by atoms with Crippen LogP contribution in [0.1, 0.15) is 12.8 Å². The summed E-state index contributed by atoms with van der Waals surface area (Å²) in [5.74, 6) is 0.686. The summed E-state index contributed by atoms with van der Waals surface area (Å²) < 4.78 is 6.88. The molecule has 1 amide bonds. The van der Waals surface area contributed by atoms with Crippen molar-refractivity contribution in [1.82, 2.24) is 5.32 Å². The Labute approximate surface area is 123 Å². The van der Waals surface area contributed by atoms with Crippen LogP contribution in [-0.4, -0.2) is 25.6 Å². The van der Waals surface area contributed by atoms with Crippen LogP contribution in [0.2, 0.25) is 0 Å². The molecular formula is C12H14Br2N2O2. The molecule has 4 nitrogen and oxygen atoms in total. The number of hydrogen-bond donors (Lipinski definition) is 2. The second-order valence-corrected chi connectivity index (χ2v) is 5.81. The third-order valence-electron chi connectivity index (χ3n) is 2.88. The van der Waals surface area contributed by atoms with E-state index in [0.717, 1.165) is 28.3 Å². The number of nitrogens with one attached hydrogen (secondary N) is 2. The first-order valence-electron chi connectivity index (χ1n) is 5.69. The average molecular weight is 378 g/mol. The van der Waals surface area contributed by atoms with E-state index in [0.29, 0.717) is 11.4 Å². The van der Waals surface area contributed by atoms with Crippen LogP contribution in [0.4, 0.5) is 5.69 Å². The van der Waals surface area contributed by atoms with Gasteiger partial charge in [0.05, 0.1) is 23.3 Å². The van der Waals surface area contributed by atoms with E-state index >= 15 is 0 Å². The van der Waals surface area contributed by atoms with E-state index in [1.807, 2.05) is 6.07 Å². The summed E-state index contributed by atoms with van der Waals surface area (Å²) in [5, 5.41) is 6.07. The van der Waals surface area contributed by atoms with E-state index in [1.54, 1.807) is 13.2 Å². The van der Waals surface area contributed by atoms with E-state index in [-0.39, 0.29) is 11.9 Å². The summed E-state index contributed by atoms with van der Waals surface area (Å²) in [6, 6.07) is 3.56. The van der Waals surface area contributed by atoms with E-state index in [9.17, 15) is 4.79 Å². The molecule has 1 saturated heterocycles. The zero-order chi connectivity index (χ0) is 13.1. The van der Waals surface area contributed by atoms with Gasteiger partial charge in [-0.2, -0.15) is 0 Å². The Hall–Kier alpha value is -0.590. The monoisotopic (exact) mass is 376 g/mol. The van der Waals surface area contributed by atoms with Crippen LogP contribution in [0.5, 0.6) is 5.75 Å². The SMILES string of the molecule is COc1cc(NC(=O)[C@@H]2CCCN2)c(Br)cc1Br. The van der Waals surface area contributed by atoms with Gasteiger partial charge in [-0.3, -0.25) is 4.79 Å². The van der Waals surface area contributed by atoms with Crippen molar-refractivity contribution in [1.29, 1.82) is 0 Å². The number of carbonyl (C=O) groups is 1. The fourth-order valence-corrected chi connectivity index (χ4v) is 3.16. The number of ether oxygens (including phenoxy) is 1. The number of benzene rings is 1. The van der Waals surface area contributed by atoms with Gasteiger partial charge in [0.2, 0.25) is 5.91 Å². The Morgan fingerprint density at radius 3 is 2.83 bits per heavy atom. The maximum Gasteiger partial charge on any atom is 0.241 e. The Morgan fingerprint density at radius 2 is 2.22 bits per heavy atom. The minimum atomic E-state index is -0.0912. The van der Waals surface area contributed by atoms with Gasteiger partial charge in [0, 0.05) is 10.5 Å². The first kappa shape index (κ1) is 13.8. The van der Waals surface area contributed by atoms with Crippen LogP contribution in [-0.2, 0) is 4.79 Å². The van der Waals surface area contributed by atoms with Crippen molar-refractivity contribution in [2.75, 3.05) is 19.0 Å². The quantitative estimate of drug-likeness (QED) is 0.851. The predicted octanol–water partition coefficient (Wildman–Crippen LogP) is 2.91. The smallest absolute Gasteiger partial charge is 0.241 e. The summed E-state index contributed by atoms with van der Waals surface area (Å²) in [5.41, 5.74) is 0.716. The lowest BCUT2D eigenvalue weighted by atomic mass is 10.2. The molecule has 0 spiro atoms. The van der Waals surface area contributed by atoms with E-state index in [2.05, 4.69) is 42.5 Å². The predicted molar refractivity (Wildman–Crippen MR) is 78.0 cm³/mol. The van der Waals surface area contributed by atoms with Crippen molar-refractivity contribution < 1.29 is 9.53 Å². The van der Waals surface area contributed by atoms with Gasteiger partial charge in [-0.25, -0.2) is 0 Å². The molecule has 6 heteroatoms. The molecule has 1 aliphatic rings. The van der Waals surface area contributed by atoms with Crippen molar-refractivity contribution in [3.8, 4) is 5.75 Å². The third kappa shape index (κ3) is 3.05. The molecule has 2 rings (SSSR count). The highest BCUT2D eigenvalue weighted by Gasteiger charge is 2.22. The Kier molecular flexibility index (Phi) is 4.64. The molecular weight excluding hydrogens is 364 g/mol. The first-order valence-corrected chi connectivity index (χ1v) is 7.27. The van der Waals surface area contributed by atoms with Gasteiger partial charge in [0.1, 0.15) is 5.75 Å². The molecule has 1 heterocycles. The largest absolute Gasteiger partial charge is 0.495 e. The number of hydrogen-bond acceptors (Lipinski definition) is 3. The Morgan fingerprint density at radius 1 is 1.44 bits per heavy atom. The molecule has 1 aliphatic heterocycles. The van der Waals surface area contributed by atoms with Crippen molar-refractivity contribution >= 4 is 43.5 Å². The highest BCUT2D eigenvalue weighted by molar-refractivity contribution is 9.11. The topological polar surface area (TPSA) is 50.4 Å². The highest BCUT2D eigenvalue weighted by Crippen LogP contribution is 2.34. The van der Waals surface area contributed by atoms with Crippen molar-refractivity contribution in [2.24, 2.45) is 0 Å². The second-order valence-electron chi connectivity index (χ2n) is 4.10. The van der Waals surface area contributed by atoms with Crippen molar-refractivity contribution in [2.45, 2.75) is 18.9 Å². The molecule has 0 radical (unpaired) electrons. The summed E-state index contributed by atoms with van der Waals surface area (Å²) in [6.07, 6.45) is 1.93. The van der Waals surface area contributed by atoms with Gasteiger partial charge in [-0.15, -0.1) is 0 Å². The fourth-order valence-electron chi connectivity index (χ4n) is 1.91. The normalized spacial score (nSPS) is 18.7. The molecule has 2 N–H and O–H groups in total. The van der Waals surface area contributed by atoms with E-state index in [4.69, 9.17) is 4.74 Å². The summed E-state index contributed by atoms with van der Waals surface area (Å²) in [4.78, 5) is 12.0. The maximum absolute atomic E-state index is 12.0. The van der Waals surface area contributed by atoms with Crippen LogP contribution < -0.4 is 15.4 Å². The maximum atomic E-state index is 12.0. The zero-order valence-electron chi connectivity index (χ0n) is 9.93. The summed E-state index contributed by atoms with van der Waals surface area (Å²) >= 11 is 6.82. The minimum absolute atomic E-state index is 0.00224. The molecule has 0 aromatic heterocycles. The van der Waals surface area contributed by atoms with Crippen LogP contribution >= 0.6 is 31.9 Å². The lowest BCUT2D eigenvalue weighted by molar-refractivity contribution is -0.117. The number of anilines is 1. The molecule has 1 fully saturated rings. The van der Waals surface area contributed by atoms with Crippen molar-refractivity contribution in [3.63, 3.8) is 0 Å². The number of methoxy groups -OCH3 is 1. The Balaban J connectivity index is 2.15. The van der Waals surface area contributed by atoms with Gasteiger partial charge in [-0.05, 0) is 57.3 Å². The van der Waals surface area contributed by atoms with E-state index in [1.165, 1.54) is 0 Å². The molecule has 1 aromatic carbocycles.